The van der Waals surface area contributed by atoms with Crippen LogP contribution in [0.4, 0.5) is 0 Å². The number of pyridine rings is 1. The highest BCUT2D eigenvalue weighted by molar-refractivity contribution is 7.12. The molecule has 0 aliphatic heterocycles. The molecule has 114 valence electrons. The van der Waals surface area contributed by atoms with E-state index < -0.39 is 0 Å². The van der Waals surface area contributed by atoms with Gasteiger partial charge in [-0.2, -0.15) is 0 Å². The Hall–Kier alpha value is -1.26. The van der Waals surface area contributed by atoms with Crippen LogP contribution >= 0.6 is 11.3 Å². The van der Waals surface area contributed by atoms with Gasteiger partial charge < -0.3 is 5.32 Å². The highest BCUT2D eigenvalue weighted by atomic mass is 32.1. The van der Waals surface area contributed by atoms with Crippen LogP contribution in [-0.4, -0.2) is 9.97 Å². The molecule has 3 nitrogen and oxygen atoms in total. The van der Waals surface area contributed by atoms with Gasteiger partial charge in [-0.3, -0.25) is 4.98 Å². The maximum atomic E-state index is 4.75. The predicted octanol–water partition coefficient (Wildman–Crippen LogP) is 4.56. The summed E-state index contributed by atoms with van der Waals surface area (Å²) in [5, 5.41) is 4.85. The zero-order valence-electron chi connectivity index (χ0n) is 13.8. The van der Waals surface area contributed by atoms with Gasteiger partial charge in [-0.1, -0.05) is 26.8 Å². The molecule has 2 aromatic rings. The topological polar surface area (TPSA) is 37.8 Å². The summed E-state index contributed by atoms with van der Waals surface area (Å²) >= 11 is 1.82. The van der Waals surface area contributed by atoms with E-state index in [1.807, 2.05) is 29.8 Å². The first-order valence-corrected chi connectivity index (χ1v) is 8.24. The zero-order chi connectivity index (χ0) is 15.6. The van der Waals surface area contributed by atoms with Crippen molar-refractivity contribution in [2.45, 2.75) is 59.0 Å². The molecule has 2 rings (SSSR count). The Kier molecular flexibility index (Phi) is 4.79. The summed E-state index contributed by atoms with van der Waals surface area (Å²) in [5.74, 6) is 0. The average Bonchev–Trinajstić information content (AvgIpc) is 2.82. The normalized spacial score (nSPS) is 15.0. The largest absolute Gasteiger partial charge is 0.303 e. The molecule has 0 saturated heterocycles. The third-order valence-corrected chi connectivity index (χ3v) is 5.32. The van der Waals surface area contributed by atoms with Crippen molar-refractivity contribution < 1.29 is 0 Å². The fraction of sp³-hybridized carbons (Fsp3) is 0.529. The van der Waals surface area contributed by atoms with Gasteiger partial charge in [0.15, 0.2) is 0 Å². The zero-order valence-corrected chi connectivity index (χ0v) is 14.6. The molecule has 2 heterocycles. The summed E-state index contributed by atoms with van der Waals surface area (Å²) in [5.41, 5.74) is 2.47. The molecule has 0 aliphatic carbocycles. The Morgan fingerprint density at radius 2 is 1.90 bits per heavy atom. The van der Waals surface area contributed by atoms with Crippen molar-refractivity contribution >= 4 is 11.3 Å². The van der Waals surface area contributed by atoms with Crippen molar-refractivity contribution in [1.82, 2.24) is 15.3 Å². The van der Waals surface area contributed by atoms with Gasteiger partial charge in [0.2, 0.25) is 0 Å². The van der Waals surface area contributed by atoms with Crippen LogP contribution in [0.1, 0.15) is 67.8 Å². The van der Waals surface area contributed by atoms with Crippen LogP contribution < -0.4 is 5.32 Å². The number of nitrogens with zero attached hydrogens (tertiary/aromatic N) is 2. The van der Waals surface area contributed by atoms with Crippen LogP contribution in [0.3, 0.4) is 0 Å². The molecule has 0 amide bonds. The van der Waals surface area contributed by atoms with Gasteiger partial charge in [-0.15, -0.1) is 11.3 Å². The van der Waals surface area contributed by atoms with Gasteiger partial charge >= 0.3 is 0 Å². The van der Waals surface area contributed by atoms with Crippen LogP contribution in [0.15, 0.2) is 24.5 Å². The van der Waals surface area contributed by atoms with Gasteiger partial charge in [0.05, 0.1) is 10.7 Å². The smallest absolute Gasteiger partial charge is 0.0985 e. The number of rotatable bonds is 4. The minimum Gasteiger partial charge on any atom is -0.303 e. The Morgan fingerprint density at radius 1 is 1.19 bits per heavy atom. The summed E-state index contributed by atoms with van der Waals surface area (Å²) < 4.78 is 0. The summed E-state index contributed by atoms with van der Waals surface area (Å²) in [6, 6.07) is 4.65. The molecule has 1 unspecified atom stereocenters. The maximum absolute atomic E-state index is 4.75. The van der Waals surface area contributed by atoms with Gasteiger partial charge in [0, 0.05) is 34.8 Å². The quantitative estimate of drug-likeness (QED) is 0.900. The minimum absolute atomic E-state index is 0.113. The minimum atomic E-state index is 0.113. The molecular formula is C17H25N3S. The molecule has 0 aliphatic rings. The number of nitrogens with one attached hydrogen (secondary N) is 1. The molecule has 0 radical (unpaired) electrons. The van der Waals surface area contributed by atoms with E-state index in [1.54, 1.807) is 0 Å². The number of hydrogen-bond acceptors (Lipinski definition) is 4. The average molecular weight is 303 g/mol. The van der Waals surface area contributed by atoms with Crippen LogP contribution in [0.5, 0.6) is 0 Å². The molecule has 0 aromatic carbocycles. The Balaban J connectivity index is 2.14. The molecular weight excluding hydrogens is 278 g/mol. The molecule has 2 aromatic heterocycles. The van der Waals surface area contributed by atoms with Gasteiger partial charge in [-0.05, 0) is 32.4 Å². The predicted molar refractivity (Wildman–Crippen MR) is 89.8 cm³/mol. The summed E-state index contributed by atoms with van der Waals surface area (Å²) in [7, 11) is 0. The van der Waals surface area contributed by atoms with E-state index in [0.717, 1.165) is 5.69 Å². The number of aryl methyl sites for hydroxylation is 1. The molecule has 0 bridgehead atoms. The van der Waals surface area contributed by atoms with E-state index in [9.17, 15) is 0 Å². The number of thiazole rings is 1. The molecule has 1 N–H and O–H groups in total. The Labute approximate surface area is 131 Å². The lowest BCUT2D eigenvalue weighted by atomic mass is 9.98. The Bertz CT molecular complexity index is 584. The van der Waals surface area contributed by atoms with Crippen molar-refractivity contribution in [3.63, 3.8) is 0 Å². The highest BCUT2D eigenvalue weighted by Crippen LogP contribution is 2.33. The SMILES string of the molecule is Cc1nc(C(C)(C)C)sc1C(C)N[C@H](C)c1cccnc1. The van der Waals surface area contributed by atoms with E-state index in [-0.39, 0.29) is 17.5 Å². The third-order valence-electron chi connectivity index (χ3n) is 3.55. The molecule has 0 spiro atoms. The second-order valence-electron chi connectivity index (χ2n) is 6.62. The van der Waals surface area contributed by atoms with E-state index >= 15 is 0 Å². The first-order valence-electron chi connectivity index (χ1n) is 7.43. The first-order chi connectivity index (χ1) is 9.79. The number of aromatic nitrogens is 2. The fourth-order valence-electron chi connectivity index (χ4n) is 2.31. The van der Waals surface area contributed by atoms with Gasteiger partial charge in [0.1, 0.15) is 0 Å². The number of hydrogen-bond donors (Lipinski definition) is 1. The highest BCUT2D eigenvalue weighted by Gasteiger charge is 2.23. The van der Waals surface area contributed by atoms with E-state index in [4.69, 9.17) is 4.98 Å². The van der Waals surface area contributed by atoms with Crippen LogP contribution in [-0.2, 0) is 5.41 Å². The van der Waals surface area contributed by atoms with E-state index in [1.165, 1.54) is 15.4 Å². The lowest BCUT2D eigenvalue weighted by molar-refractivity contribution is 0.497. The fourth-order valence-corrected chi connectivity index (χ4v) is 3.45. The van der Waals surface area contributed by atoms with Crippen molar-refractivity contribution in [3.8, 4) is 0 Å². The van der Waals surface area contributed by atoms with Crippen molar-refractivity contribution in [2.75, 3.05) is 0 Å². The molecule has 0 fully saturated rings. The van der Waals surface area contributed by atoms with Crippen molar-refractivity contribution in [2.24, 2.45) is 0 Å². The first kappa shape index (κ1) is 16.1. The molecule has 0 saturated carbocycles. The summed E-state index contributed by atoms with van der Waals surface area (Å²) in [6.45, 7) is 13.1. The van der Waals surface area contributed by atoms with Gasteiger partial charge in [0.25, 0.3) is 0 Å². The maximum Gasteiger partial charge on any atom is 0.0985 e. The third kappa shape index (κ3) is 3.89. The lowest BCUT2D eigenvalue weighted by Gasteiger charge is -2.19. The molecule has 21 heavy (non-hydrogen) atoms. The molecule has 4 heteroatoms. The lowest BCUT2D eigenvalue weighted by Crippen LogP contribution is -2.22. The van der Waals surface area contributed by atoms with Crippen LogP contribution in [0.25, 0.3) is 0 Å². The van der Waals surface area contributed by atoms with Crippen LogP contribution in [0, 0.1) is 6.92 Å². The van der Waals surface area contributed by atoms with Crippen molar-refractivity contribution in [3.05, 3.63) is 45.7 Å². The van der Waals surface area contributed by atoms with Crippen LogP contribution in [0.2, 0.25) is 0 Å². The second kappa shape index (κ2) is 6.24. The summed E-state index contributed by atoms with van der Waals surface area (Å²) in [4.78, 5) is 10.3. The molecule has 2 atom stereocenters. The Morgan fingerprint density at radius 3 is 2.43 bits per heavy atom. The second-order valence-corrected chi connectivity index (χ2v) is 7.65. The standard InChI is InChI=1S/C17H25N3S/c1-11(14-8-7-9-18-10-14)19-12(2)15-13(3)20-16(21-15)17(4,5)6/h7-12,19H,1-6H3/t11-,12?/m1/s1. The van der Waals surface area contributed by atoms with Gasteiger partial charge in [-0.25, -0.2) is 4.98 Å². The van der Waals surface area contributed by atoms with E-state index in [0.29, 0.717) is 0 Å². The monoisotopic (exact) mass is 303 g/mol. The van der Waals surface area contributed by atoms with Crippen molar-refractivity contribution in [1.29, 1.82) is 0 Å². The summed E-state index contributed by atoms with van der Waals surface area (Å²) in [6.07, 6.45) is 3.73. The van der Waals surface area contributed by atoms with E-state index in [2.05, 4.69) is 57.9 Å².